The van der Waals surface area contributed by atoms with Gasteiger partial charge in [-0.3, -0.25) is 38.1 Å². The van der Waals surface area contributed by atoms with Gasteiger partial charge in [0.2, 0.25) is 23.6 Å². The molecule has 11 N–H and O–H groups in total. The van der Waals surface area contributed by atoms with Gasteiger partial charge in [-0.2, -0.15) is 8.42 Å². The first-order valence-corrected chi connectivity index (χ1v) is 24.5. The number of amides is 9. The van der Waals surface area contributed by atoms with Crippen molar-refractivity contribution in [3.05, 3.63) is 48.2 Å². The smallest absolute Gasteiger partial charge is 0.361 e. The van der Waals surface area contributed by atoms with Gasteiger partial charge >= 0.3 is 34.3 Å². The van der Waals surface area contributed by atoms with Crippen LogP contribution in [0.15, 0.2) is 48.2 Å². The van der Waals surface area contributed by atoms with E-state index in [9.17, 15) is 51.6 Å². The Morgan fingerprint density at radius 1 is 0.914 bits per heavy atom. The van der Waals surface area contributed by atoms with E-state index in [2.05, 4.69) is 56.3 Å². The molecule has 0 bridgehead atoms. The number of esters is 2. The minimum absolute atomic E-state index is 0.0105. The fraction of sp³-hybridized carbons (Fsp3) is 0.622. The van der Waals surface area contributed by atoms with Crippen molar-refractivity contribution in [3.63, 3.8) is 0 Å². The summed E-state index contributed by atoms with van der Waals surface area (Å²) >= 11 is 0. The first kappa shape index (κ1) is 61.7. The van der Waals surface area contributed by atoms with Crippen LogP contribution in [0.2, 0.25) is 0 Å². The predicted octanol–water partition coefficient (Wildman–Crippen LogP) is 1.10. The maximum Gasteiger partial charge on any atom is 0.361 e. The number of unbranched alkanes of at least 4 members (excludes halogenated alkanes) is 2. The van der Waals surface area contributed by atoms with Crippen LogP contribution in [0.5, 0.6) is 0 Å². The molecule has 1 rings (SSSR count). The van der Waals surface area contributed by atoms with E-state index in [0.717, 1.165) is 19.3 Å². The molecular weight excluding hydrogens is 939 g/mol. The van der Waals surface area contributed by atoms with Crippen molar-refractivity contribution < 1.29 is 70.3 Å². The van der Waals surface area contributed by atoms with Gasteiger partial charge in [0.25, 0.3) is 5.91 Å². The standard InChI is InChI=1S/C45H73N9O15S/c1-8-10-11-12-13-14-15-16-17-20-30(67-7)25-35-45(5,6)42(61)68-34(29(3)4)22-23-36(55)51-31(19-9-2)41(60)53-32(21-18-24-47-44(63)54-70(64,65)66)39(58)48-27-37(56)52-33(26-50-43(46)62)40(59)49-28-38(57)69-35/h12-13,15-17,19-20,29-30,32-35H,8-11,14,18,21-28H2,1-7H3,(H,48,58)(H,49,59)(H,51,55)(H,52,56)(H,53,60)(H3,46,50,62)(H2,47,54,63)(H,64,65,66)/b13-12-,16-15+,20-17+,31-19-/t30-,32+,33?,34-,35?/m0/s1. The second-order valence-corrected chi connectivity index (χ2v) is 18.1. The lowest BCUT2D eigenvalue weighted by Crippen LogP contribution is -2.56. The lowest BCUT2D eigenvalue weighted by molar-refractivity contribution is -0.178. The molecule has 1 heterocycles. The highest BCUT2D eigenvalue weighted by molar-refractivity contribution is 7.84. The molecule has 70 heavy (non-hydrogen) atoms. The van der Waals surface area contributed by atoms with Crippen LogP contribution in [0.1, 0.15) is 106 Å². The summed E-state index contributed by atoms with van der Waals surface area (Å²) in [6.45, 7) is 7.91. The largest absolute Gasteiger partial charge is 0.462 e. The summed E-state index contributed by atoms with van der Waals surface area (Å²) in [5.74, 6) is -6.63. The first-order valence-electron chi connectivity index (χ1n) is 23.1. The molecule has 24 nitrogen and oxygen atoms in total. The molecule has 1 fully saturated rings. The summed E-state index contributed by atoms with van der Waals surface area (Å²) < 4.78 is 49.6. The van der Waals surface area contributed by atoms with Crippen molar-refractivity contribution in [2.24, 2.45) is 17.1 Å². The first-order chi connectivity index (χ1) is 32.9. The number of nitrogens with one attached hydrogen (secondary N) is 8. The highest BCUT2D eigenvalue weighted by Gasteiger charge is 2.43. The van der Waals surface area contributed by atoms with Crippen LogP contribution in [0, 0.1) is 11.3 Å². The van der Waals surface area contributed by atoms with E-state index >= 15 is 0 Å². The number of carbonyl (C=O) groups is 9. The fourth-order valence-corrected chi connectivity index (χ4v) is 6.66. The van der Waals surface area contributed by atoms with Gasteiger partial charge in [0.15, 0.2) is 0 Å². The lowest BCUT2D eigenvalue weighted by atomic mass is 9.83. The number of carbonyl (C=O) groups excluding carboxylic acids is 9. The number of rotatable bonds is 19. The summed E-state index contributed by atoms with van der Waals surface area (Å²) in [4.78, 5) is 118. The number of urea groups is 2. The molecule has 25 heteroatoms. The van der Waals surface area contributed by atoms with Crippen LogP contribution in [0.3, 0.4) is 0 Å². The third-order valence-corrected chi connectivity index (χ3v) is 10.9. The van der Waals surface area contributed by atoms with Gasteiger partial charge in [-0.25, -0.2) is 14.3 Å². The van der Waals surface area contributed by atoms with Crippen molar-refractivity contribution in [3.8, 4) is 0 Å². The van der Waals surface area contributed by atoms with E-state index in [1.165, 1.54) is 31.8 Å². The maximum absolute atomic E-state index is 14.1. The Hall–Kier alpha value is -6.34. The molecule has 0 radical (unpaired) electrons. The third kappa shape index (κ3) is 25.9. The summed E-state index contributed by atoms with van der Waals surface area (Å²) in [5.41, 5.74) is 3.39. The molecule has 9 amide bonds. The Kier molecular flexibility index (Phi) is 28.6. The second-order valence-electron chi connectivity index (χ2n) is 17.0. The van der Waals surface area contributed by atoms with E-state index in [0.29, 0.717) is 6.42 Å². The Morgan fingerprint density at radius 2 is 1.60 bits per heavy atom. The predicted molar refractivity (Wildman–Crippen MR) is 256 cm³/mol. The molecule has 0 aliphatic carbocycles. The molecule has 2 unspecified atom stereocenters. The van der Waals surface area contributed by atoms with Crippen molar-refractivity contribution >= 4 is 63.8 Å². The van der Waals surface area contributed by atoms with Crippen molar-refractivity contribution in [1.82, 2.24) is 41.9 Å². The van der Waals surface area contributed by atoms with E-state index in [1.54, 1.807) is 32.9 Å². The molecule has 0 saturated carbocycles. The third-order valence-electron chi connectivity index (χ3n) is 10.4. The van der Waals surface area contributed by atoms with Gasteiger partial charge in [-0.05, 0) is 58.3 Å². The highest BCUT2D eigenvalue weighted by atomic mass is 32.2. The molecule has 5 atom stereocenters. The molecule has 394 valence electrons. The monoisotopic (exact) mass is 1010 g/mol. The Bertz CT molecular complexity index is 2020. The molecule has 1 aliphatic rings. The minimum atomic E-state index is -4.88. The zero-order valence-corrected chi connectivity index (χ0v) is 41.9. The van der Waals surface area contributed by atoms with Gasteiger partial charge in [0, 0.05) is 33.0 Å². The molecule has 1 aliphatic heterocycles. The SMILES string of the molecule is CC/C=C1\NC(=O)CC[C@@H](C(C)C)OC(=O)C(C)(C)C(C[C@H](/C=C/C=C/C/C=C\CCCC)OC)OC(=O)CNC(=O)C(CNC(N)=O)NC(=O)CNC(=O)[C@@H](CCCNC(=O)NS(=O)(=O)O)NC1=O. The summed E-state index contributed by atoms with van der Waals surface area (Å²) in [5, 5.41) is 16.3. The number of methoxy groups -OCH3 is 1. The molecule has 0 spiro atoms. The van der Waals surface area contributed by atoms with Crippen LogP contribution in [-0.4, -0.2) is 130 Å². The molecule has 1 saturated heterocycles. The van der Waals surface area contributed by atoms with E-state index < -0.39 is 119 Å². The van der Waals surface area contributed by atoms with Gasteiger partial charge in [0.05, 0.1) is 18.1 Å². The zero-order valence-electron chi connectivity index (χ0n) is 41.1. The van der Waals surface area contributed by atoms with Crippen molar-refractivity contribution in [1.29, 1.82) is 0 Å². The average molecular weight is 1010 g/mol. The fourth-order valence-electron chi connectivity index (χ4n) is 6.35. The number of ether oxygens (including phenoxy) is 3. The average Bonchev–Trinajstić information content (AvgIpc) is 3.28. The van der Waals surface area contributed by atoms with Gasteiger partial charge in [-0.1, -0.05) is 83.1 Å². The van der Waals surface area contributed by atoms with Gasteiger partial charge in [-0.15, -0.1) is 0 Å². The number of allylic oxidation sites excluding steroid dienone is 6. The van der Waals surface area contributed by atoms with Gasteiger partial charge < -0.3 is 57.2 Å². The molecule has 0 aromatic heterocycles. The second kappa shape index (κ2) is 32.5. The lowest BCUT2D eigenvalue weighted by Gasteiger charge is -2.35. The van der Waals surface area contributed by atoms with Crippen LogP contribution in [0.4, 0.5) is 9.59 Å². The maximum atomic E-state index is 14.1. The van der Waals surface area contributed by atoms with E-state index in [-0.39, 0.29) is 56.7 Å². The number of cyclic esters (lactones) is 2. The molecular formula is C45H73N9O15S. The Labute approximate surface area is 409 Å². The number of hydrogen-bond donors (Lipinski definition) is 10. The van der Waals surface area contributed by atoms with Crippen LogP contribution < -0.4 is 47.7 Å². The normalized spacial score (nSPS) is 22.0. The van der Waals surface area contributed by atoms with Crippen LogP contribution >= 0.6 is 0 Å². The van der Waals surface area contributed by atoms with Gasteiger partial charge in [0.1, 0.15) is 36.5 Å². The molecule has 0 aromatic rings. The summed E-state index contributed by atoms with van der Waals surface area (Å²) in [6.07, 6.45) is 13.5. The number of nitrogens with two attached hydrogens (primary N) is 1. The van der Waals surface area contributed by atoms with Crippen LogP contribution in [-0.2, 0) is 58.1 Å². The van der Waals surface area contributed by atoms with E-state index in [4.69, 9.17) is 24.5 Å². The number of hydrogen-bond acceptors (Lipinski definition) is 14. The molecule has 0 aromatic carbocycles. The van der Waals surface area contributed by atoms with Crippen LogP contribution in [0.25, 0.3) is 0 Å². The summed E-state index contributed by atoms with van der Waals surface area (Å²) in [6, 6.07) is -5.38. The Balaban J connectivity index is 3.62. The van der Waals surface area contributed by atoms with E-state index in [1.807, 2.05) is 12.2 Å². The van der Waals surface area contributed by atoms with Crippen molar-refractivity contribution in [2.75, 3.05) is 33.3 Å². The van der Waals surface area contributed by atoms with Crippen molar-refractivity contribution in [2.45, 2.75) is 136 Å². The minimum Gasteiger partial charge on any atom is -0.462 e. The Morgan fingerprint density at radius 3 is 2.23 bits per heavy atom. The highest BCUT2D eigenvalue weighted by Crippen LogP contribution is 2.31. The quantitative estimate of drug-likeness (QED) is 0.0216. The number of primary amides is 1. The topological polar surface area (TPSA) is 358 Å². The zero-order chi connectivity index (χ0) is 52.9. The summed E-state index contributed by atoms with van der Waals surface area (Å²) in [7, 11) is -3.44.